The van der Waals surface area contributed by atoms with Crippen molar-refractivity contribution in [1.29, 1.82) is 0 Å². The van der Waals surface area contributed by atoms with Crippen LogP contribution in [0.5, 0.6) is 0 Å². The van der Waals surface area contributed by atoms with E-state index in [0.717, 1.165) is 23.9 Å². The van der Waals surface area contributed by atoms with Gasteiger partial charge < -0.3 is 9.84 Å². The predicted octanol–water partition coefficient (Wildman–Crippen LogP) is 3.88. The van der Waals surface area contributed by atoms with Gasteiger partial charge >= 0.3 is 0 Å². The first-order chi connectivity index (χ1) is 10.6. The van der Waals surface area contributed by atoms with Crippen LogP contribution in [0, 0.1) is 11.7 Å². The SMILES string of the molecule is CC(C)CCNc1ncnc2onc(-c3ccc(F)cc3)c12. The van der Waals surface area contributed by atoms with Crippen molar-refractivity contribution in [1.82, 2.24) is 15.1 Å². The molecule has 0 saturated heterocycles. The minimum Gasteiger partial charge on any atom is -0.369 e. The highest BCUT2D eigenvalue weighted by Gasteiger charge is 2.16. The van der Waals surface area contributed by atoms with Gasteiger partial charge in [-0.1, -0.05) is 19.0 Å². The van der Waals surface area contributed by atoms with Gasteiger partial charge in [-0.2, -0.15) is 4.98 Å². The van der Waals surface area contributed by atoms with Gasteiger partial charge in [0.2, 0.25) is 0 Å². The molecule has 2 heterocycles. The molecule has 0 atom stereocenters. The van der Waals surface area contributed by atoms with Gasteiger partial charge in [-0.3, -0.25) is 0 Å². The smallest absolute Gasteiger partial charge is 0.263 e. The van der Waals surface area contributed by atoms with E-state index in [1.165, 1.54) is 18.5 Å². The van der Waals surface area contributed by atoms with Crippen LogP contribution in [0.1, 0.15) is 20.3 Å². The van der Waals surface area contributed by atoms with Gasteiger partial charge in [0.1, 0.15) is 29.0 Å². The van der Waals surface area contributed by atoms with Crippen molar-refractivity contribution in [2.24, 2.45) is 5.92 Å². The second-order valence-corrected chi connectivity index (χ2v) is 5.55. The fraction of sp³-hybridized carbons (Fsp3) is 0.312. The molecule has 1 N–H and O–H groups in total. The molecule has 114 valence electrons. The zero-order valence-electron chi connectivity index (χ0n) is 12.5. The molecule has 0 fully saturated rings. The Labute approximate surface area is 127 Å². The molecule has 0 spiro atoms. The van der Waals surface area contributed by atoms with Crippen LogP contribution in [-0.2, 0) is 0 Å². The second kappa shape index (κ2) is 6.09. The van der Waals surface area contributed by atoms with Crippen LogP contribution in [0.3, 0.4) is 0 Å². The summed E-state index contributed by atoms with van der Waals surface area (Å²) in [4.78, 5) is 8.38. The van der Waals surface area contributed by atoms with Gasteiger partial charge in [0.15, 0.2) is 0 Å². The molecular formula is C16H17FN4O. The number of hydrogen-bond acceptors (Lipinski definition) is 5. The Morgan fingerprint density at radius 2 is 1.95 bits per heavy atom. The summed E-state index contributed by atoms with van der Waals surface area (Å²) in [6.07, 6.45) is 2.47. The molecule has 0 bridgehead atoms. The van der Waals surface area contributed by atoms with E-state index >= 15 is 0 Å². The first-order valence-corrected chi connectivity index (χ1v) is 7.25. The van der Waals surface area contributed by atoms with Gasteiger partial charge in [0.25, 0.3) is 5.71 Å². The van der Waals surface area contributed by atoms with E-state index in [1.807, 2.05) is 0 Å². The quantitative estimate of drug-likeness (QED) is 0.774. The first-order valence-electron chi connectivity index (χ1n) is 7.25. The number of rotatable bonds is 5. The summed E-state index contributed by atoms with van der Waals surface area (Å²) < 4.78 is 18.3. The number of hydrogen-bond donors (Lipinski definition) is 1. The number of halogens is 1. The molecule has 0 unspecified atom stereocenters. The van der Waals surface area contributed by atoms with Gasteiger partial charge in [-0.15, -0.1) is 0 Å². The Morgan fingerprint density at radius 3 is 2.68 bits per heavy atom. The number of fused-ring (bicyclic) bond motifs is 1. The molecule has 22 heavy (non-hydrogen) atoms. The summed E-state index contributed by atoms with van der Waals surface area (Å²) in [5.41, 5.74) is 1.80. The minimum atomic E-state index is -0.289. The van der Waals surface area contributed by atoms with E-state index in [9.17, 15) is 4.39 Å². The zero-order valence-corrected chi connectivity index (χ0v) is 12.5. The van der Waals surface area contributed by atoms with E-state index in [4.69, 9.17) is 4.52 Å². The van der Waals surface area contributed by atoms with Crippen molar-refractivity contribution in [3.05, 3.63) is 36.4 Å². The highest BCUT2D eigenvalue weighted by molar-refractivity contribution is 5.97. The molecule has 0 radical (unpaired) electrons. The van der Waals surface area contributed by atoms with E-state index < -0.39 is 0 Å². The number of benzene rings is 1. The normalized spacial score (nSPS) is 11.3. The average molecular weight is 300 g/mol. The monoisotopic (exact) mass is 300 g/mol. The van der Waals surface area contributed by atoms with Crippen LogP contribution >= 0.6 is 0 Å². The fourth-order valence-electron chi connectivity index (χ4n) is 2.20. The summed E-state index contributed by atoms with van der Waals surface area (Å²) in [5.74, 6) is 0.998. The first kappa shape index (κ1) is 14.4. The third-order valence-corrected chi connectivity index (χ3v) is 3.40. The highest BCUT2D eigenvalue weighted by atomic mass is 19.1. The second-order valence-electron chi connectivity index (χ2n) is 5.55. The van der Waals surface area contributed by atoms with Crippen LogP contribution < -0.4 is 5.32 Å². The van der Waals surface area contributed by atoms with Gasteiger partial charge in [0.05, 0.1) is 0 Å². The summed E-state index contributed by atoms with van der Waals surface area (Å²) in [5, 5.41) is 8.08. The average Bonchev–Trinajstić information content (AvgIpc) is 2.93. The molecule has 0 aliphatic heterocycles. The standard InChI is InChI=1S/C16H17FN4O/c1-10(2)7-8-18-15-13-14(11-3-5-12(17)6-4-11)21-22-16(13)20-9-19-15/h3-6,9-10H,7-8H2,1-2H3,(H,18,19,20). The lowest BCUT2D eigenvalue weighted by Crippen LogP contribution is -2.06. The van der Waals surface area contributed by atoms with Crippen LogP contribution in [-0.4, -0.2) is 21.7 Å². The van der Waals surface area contributed by atoms with Crippen molar-refractivity contribution in [3.63, 3.8) is 0 Å². The Hall–Kier alpha value is -2.50. The Kier molecular flexibility index (Phi) is 4.00. The van der Waals surface area contributed by atoms with E-state index in [1.54, 1.807) is 12.1 Å². The Morgan fingerprint density at radius 1 is 1.18 bits per heavy atom. The van der Waals surface area contributed by atoms with Crippen molar-refractivity contribution in [2.45, 2.75) is 20.3 Å². The van der Waals surface area contributed by atoms with Crippen LogP contribution in [0.4, 0.5) is 10.2 Å². The van der Waals surface area contributed by atoms with Crippen LogP contribution in [0.2, 0.25) is 0 Å². The van der Waals surface area contributed by atoms with Crippen molar-refractivity contribution >= 4 is 16.9 Å². The van der Waals surface area contributed by atoms with Gasteiger partial charge in [-0.05, 0) is 36.6 Å². The maximum absolute atomic E-state index is 13.1. The van der Waals surface area contributed by atoms with Crippen molar-refractivity contribution < 1.29 is 8.91 Å². The lowest BCUT2D eigenvalue weighted by Gasteiger charge is -2.08. The third-order valence-electron chi connectivity index (χ3n) is 3.40. The lowest BCUT2D eigenvalue weighted by molar-refractivity contribution is 0.451. The Bertz CT molecular complexity index is 767. The minimum absolute atomic E-state index is 0.289. The maximum Gasteiger partial charge on any atom is 0.263 e. The molecule has 6 heteroatoms. The number of aromatic nitrogens is 3. The third kappa shape index (κ3) is 2.90. The molecule has 0 aliphatic rings. The molecule has 5 nitrogen and oxygen atoms in total. The van der Waals surface area contributed by atoms with Gasteiger partial charge in [-0.25, -0.2) is 9.37 Å². The maximum atomic E-state index is 13.1. The number of nitrogens with zero attached hydrogens (tertiary/aromatic N) is 3. The summed E-state index contributed by atoms with van der Waals surface area (Å²) in [7, 11) is 0. The van der Waals surface area contributed by atoms with E-state index in [2.05, 4.69) is 34.3 Å². The topological polar surface area (TPSA) is 63.8 Å². The molecular weight excluding hydrogens is 283 g/mol. The molecule has 1 aromatic carbocycles. The lowest BCUT2D eigenvalue weighted by atomic mass is 10.1. The molecule has 2 aromatic heterocycles. The molecule has 0 saturated carbocycles. The molecule has 0 aliphatic carbocycles. The largest absolute Gasteiger partial charge is 0.369 e. The van der Waals surface area contributed by atoms with E-state index in [-0.39, 0.29) is 5.82 Å². The molecule has 3 rings (SSSR count). The van der Waals surface area contributed by atoms with E-state index in [0.29, 0.717) is 23.1 Å². The number of anilines is 1. The molecule has 0 amide bonds. The fourth-order valence-corrected chi connectivity index (χ4v) is 2.20. The zero-order chi connectivity index (χ0) is 15.5. The molecule has 3 aromatic rings. The predicted molar refractivity (Wildman–Crippen MR) is 82.9 cm³/mol. The van der Waals surface area contributed by atoms with Crippen LogP contribution in [0.25, 0.3) is 22.4 Å². The number of nitrogens with one attached hydrogen (secondary N) is 1. The van der Waals surface area contributed by atoms with Crippen molar-refractivity contribution in [2.75, 3.05) is 11.9 Å². The highest BCUT2D eigenvalue weighted by Crippen LogP contribution is 2.31. The van der Waals surface area contributed by atoms with Crippen LogP contribution in [0.15, 0.2) is 35.1 Å². The Balaban J connectivity index is 1.99. The summed E-state index contributed by atoms with van der Waals surface area (Å²) >= 11 is 0. The summed E-state index contributed by atoms with van der Waals surface area (Å²) in [6.45, 7) is 5.14. The van der Waals surface area contributed by atoms with Gasteiger partial charge in [0, 0.05) is 12.1 Å². The van der Waals surface area contributed by atoms with Crippen molar-refractivity contribution in [3.8, 4) is 11.3 Å². The summed E-state index contributed by atoms with van der Waals surface area (Å²) in [6, 6.07) is 6.12.